The van der Waals surface area contributed by atoms with Gasteiger partial charge in [0.25, 0.3) is 5.91 Å². The fourth-order valence-electron chi connectivity index (χ4n) is 2.19. The molecule has 1 amide bonds. The summed E-state index contributed by atoms with van der Waals surface area (Å²) in [6.45, 7) is 7.88. The van der Waals surface area contributed by atoms with Crippen LogP contribution in [0.5, 0.6) is 5.75 Å². The van der Waals surface area contributed by atoms with E-state index in [9.17, 15) is 10.1 Å². The highest BCUT2D eigenvalue weighted by Crippen LogP contribution is 2.18. The van der Waals surface area contributed by atoms with Crippen LogP contribution in [0.1, 0.15) is 16.7 Å². The molecule has 1 N–H and O–H groups in total. The fourth-order valence-corrected chi connectivity index (χ4v) is 2.19. The first-order valence-corrected chi connectivity index (χ1v) is 7.87. The lowest BCUT2D eigenvalue weighted by molar-refractivity contribution is -0.112. The van der Waals surface area contributed by atoms with Gasteiger partial charge < -0.3 is 10.1 Å². The van der Waals surface area contributed by atoms with Crippen molar-refractivity contribution in [3.8, 4) is 11.8 Å². The number of carbonyl (C=O) groups excluding carboxylic acids is 1. The minimum atomic E-state index is -0.428. The summed E-state index contributed by atoms with van der Waals surface area (Å²) >= 11 is 0. The lowest BCUT2D eigenvalue weighted by Crippen LogP contribution is -2.14. The predicted molar refractivity (Wildman–Crippen MR) is 100 cm³/mol. The molecule has 2 aromatic rings. The number of benzene rings is 2. The second kappa shape index (κ2) is 8.51. The van der Waals surface area contributed by atoms with Crippen molar-refractivity contribution in [2.45, 2.75) is 13.8 Å². The summed E-state index contributed by atoms with van der Waals surface area (Å²) in [5.74, 6) is 0.276. The predicted octanol–water partition coefficient (Wildman–Crippen LogP) is 4.41. The molecule has 126 valence electrons. The lowest BCUT2D eigenvalue weighted by atomic mass is 10.1. The van der Waals surface area contributed by atoms with Crippen LogP contribution in [0, 0.1) is 25.2 Å². The zero-order valence-electron chi connectivity index (χ0n) is 14.4. The van der Waals surface area contributed by atoms with Gasteiger partial charge in [-0.2, -0.15) is 5.26 Å². The van der Waals surface area contributed by atoms with Gasteiger partial charge in [-0.1, -0.05) is 36.9 Å². The smallest absolute Gasteiger partial charge is 0.266 e. The van der Waals surface area contributed by atoms with Gasteiger partial charge in [0.1, 0.15) is 24.0 Å². The highest BCUT2D eigenvalue weighted by Gasteiger charge is 2.11. The van der Waals surface area contributed by atoms with E-state index in [1.807, 2.05) is 38.1 Å². The van der Waals surface area contributed by atoms with E-state index in [0.717, 1.165) is 16.7 Å². The van der Waals surface area contributed by atoms with Crippen LogP contribution in [0.4, 0.5) is 5.69 Å². The quantitative estimate of drug-likeness (QED) is 0.484. The zero-order chi connectivity index (χ0) is 18.2. The summed E-state index contributed by atoms with van der Waals surface area (Å²) < 4.78 is 5.41. The highest BCUT2D eigenvalue weighted by atomic mass is 16.5. The number of aryl methyl sites for hydroxylation is 2. The summed E-state index contributed by atoms with van der Waals surface area (Å²) in [7, 11) is 0. The zero-order valence-corrected chi connectivity index (χ0v) is 14.4. The molecule has 0 unspecified atom stereocenters. The van der Waals surface area contributed by atoms with Crippen LogP contribution >= 0.6 is 0 Å². The van der Waals surface area contributed by atoms with Crippen LogP contribution in [0.15, 0.2) is 60.7 Å². The third-order valence-corrected chi connectivity index (χ3v) is 3.57. The normalized spacial score (nSPS) is 10.7. The highest BCUT2D eigenvalue weighted by molar-refractivity contribution is 6.10. The number of ether oxygens (including phenoxy) is 1. The number of nitriles is 1. The van der Waals surface area contributed by atoms with Gasteiger partial charge >= 0.3 is 0 Å². The third kappa shape index (κ3) is 5.08. The van der Waals surface area contributed by atoms with Gasteiger partial charge in [0.2, 0.25) is 0 Å². The molecule has 0 aliphatic carbocycles. The average molecular weight is 332 g/mol. The number of nitrogens with one attached hydrogen (secondary N) is 1. The van der Waals surface area contributed by atoms with Crippen molar-refractivity contribution in [1.82, 2.24) is 0 Å². The number of hydrogen-bond donors (Lipinski definition) is 1. The largest absolute Gasteiger partial charge is 0.490 e. The molecule has 4 nitrogen and oxygen atoms in total. The molecule has 2 aromatic carbocycles. The van der Waals surface area contributed by atoms with Gasteiger partial charge in [-0.15, -0.1) is 0 Å². The van der Waals surface area contributed by atoms with Crippen molar-refractivity contribution in [3.05, 3.63) is 77.4 Å². The summed E-state index contributed by atoms with van der Waals surface area (Å²) in [6, 6.07) is 14.9. The Kier molecular flexibility index (Phi) is 6.14. The van der Waals surface area contributed by atoms with Crippen LogP contribution in [0.25, 0.3) is 6.08 Å². The first-order valence-electron chi connectivity index (χ1n) is 7.87. The van der Waals surface area contributed by atoms with Crippen LogP contribution in [0.2, 0.25) is 0 Å². The standard InChI is InChI=1S/C21H20N2O2/c1-4-11-25-19-9-7-17(8-10-19)13-18(14-22)21(24)23-20-12-15(2)5-6-16(20)3/h4-10,12-13H,1,11H2,2-3H3,(H,23,24)/b18-13+. The van der Waals surface area contributed by atoms with E-state index in [0.29, 0.717) is 18.0 Å². The molecule has 0 spiro atoms. The molecule has 0 bridgehead atoms. The van der Waals surface area contributed by atoms with Crippen molar-refractivity contribution < 1.29 is 9.53 Å². The number of anilines is 1. The van der Waals surface area contributed by atoms with Gasteiger partial charge in [0.15, 0.2) is 0 Å². The van der Waals surface area contributed by atoms with Crippen molar-refractivity contribution in [2.75, 3.05) is 11.9 Å². The lowest BCUT2D eigenvalue weighted by Gasteiger charge is -2.09. The van der Waals surface area contributed by atoms with E-state index in [-0.39, 0.29) is 5.57 Å². The van der Waals surface area contributed by atoms with Gasteiger partial charge in [0.05, 0.1) is 0 Å². The SMILES string of the molecule is C=CCOc1ccc(/C=C(\C#N)C(=O)Nc2cc(C)ccc2C)cc1. The molecular weight excluding hydrogens is 312 g/mol. The molecule has 0 radical (unpaired) electrons. The van der Waals surface area contributed by atoms with Gasteiger partial charge in [-0.25, -0.2) is 0 Å². The Morgan fingerprint density at radius 3 is 2.60 bits per heavy atom. The molecule has 0 atom stereocenters. The second-order valence-corrected chi connectivity index (χ2v) is 5.61. The maximum atomic E-state index is 12.4. The molecule has 2 rings (SSSR count). The molecule has 0 aromatic heterocycles. The summed E-state index contributed by atoms with van der Waals surface area (Å²) in [4.78, 5) is 12.4. The van der Waals surface area contributed by atoms with E-state index >= 15 is 0 Å². The van der Waals surface area contributed by atoms with Gasteiger partial charge in [-0.05, 0) is 54.8 Å². The Morgan fingerprint density at radius 1 is 1.24 bits per heavy atom. The van der Waals surface area contributed by atoms with Crippen LogP contribution in [-0.4, -0.2) is 12.5 Å². The van der Waals surface area contributed by atoms with Crippen molar-refractivity contribution in [1.29, 1.82) is 5.26 Å². The molecule has 0 aliphatic heterocycles. The first kappa shape index (κ1) is 18.0. The maximum Gasteiger partial charge on any atom is 0.266 e. The number of rotatable bonds is 6. The molecule has 25 heavy (non-hydrogen) atoms. The Balaban J connectivity index is 2.16. The minimum Gasteiger partial charge on any atom is -0.490 e. The molecule has 0 saturated heterocycles. The van der Waals surface area contributed by atoms with E-state index in [1.54, 1.807) is 36.4 Å². The van der Waals surface area contributed by atoms with E-state index in [4.69, 9.17) is 4.74 Å². The van der Waals surface area contributed by atoms with E-state index < -0.39 is 5.91 Å². The number of carbonyl (C=O) groups is 1. The Labute approximate surface area is 148 Å². The van der Waals surface area contributed by atoms with Crippen LogP contribution in [0.3, 0.4) is 0 Å². The third-order valence-electron chi connectivity index (χ3n) is 3.57. The molecule has 0 saturated carbocycles. The second-order valence-electron chi connectivity index (χ2n) is 5.61. The molecule has 0 fully saturated rings. The van der Waals surface area contributed by atoms with E-state index in [1.165, 1.54) is 0 Å². The maximum absolute atomic E-state index is 12.4. The van der Waals surface area contributed by atoms with E-state index in [2.05, 4.69) is 11.9 Å². The number of nitrogens with zero attached hydrogens (tertiary/aromatic N) is 1. The summed E-state index contributed by atoms with van der Waals surface area (Å²) in [5.41, 5.74) is 3.48. The summed E-state index contributed by atoms with van der Waals surface area (Å²) in [6.07, 6.45) is 3.22. The Morgan fingerprint density at radius 2 is 1.96 bits per heavy atom. The fraction of sp³-hybridized carbons (Fsp3) is 0.143. The van der Waals surface area contributed by atoms with Gasteiger partial charge in [0, 0.05) is 5.69 Å². The van der Waals surface area contributed by atoms with Crippen molar-refractivity contribution >= 4 is 17.7 Å². The molecule has 0 aliphatic rings. The van der Waals surface area contributed by atoms with Gasteiger partial charge in [-0.3, -0.25) is 4.79 Å². The van der Waals surface area contributed by atoms with Crippen molar-refractivity contribution in [3.63, 3.8) is 0 Å². The first-order chi connectivity index (χ1) is 12.0. The number of amides is 1. The van der Waals surface area contributed by atoms with Crippen LogP contribution in [-0.2, 0) is 4.79 Å². The monoisotopic (exact) mass is 332 g/mol. The van der Waals surface area contributed by atoms with Crippen molar-refractivity contribution in [2.24, 2.45) is 0 Å². The summed E-state index contributed by atoms with van der Waals surface area (Å²) in [5, 5.41) is 12.1. The average Bonchev–Trinajstić information content (AvgIpc) is 2.61. The Bertz CT molecular complexity index is 843. The molecular formula is C21H20N2O2. The Hall–Kier alpha value is -3.32. The topological polar surface area (TPSA) is 62.1 Å². The number of hydrogen-bond acceptors (Lipinski definition) is 3. The van der Waals surface area contributed by atoms with Crippen LogP contribution < -0.4 is 10.1 Å². The molecule has 0 heterocycles. The minimum absolute atomic E-state index is 0.0423. The molecule has 4 heteroatoms.